The normalized spacial score (nSPS) is 15.1. The molecule has 0 saturated carbocycles. The van der Waals surface area contributed by atoms with Gasteiger partial charge in [0.25, 0.3) is 0 Å². The molecule has 88 valence electrons. The van der Waals surface area contributed by atoms with Crippen LogP contribution in [0.4, 0.5) is 0 Å². The van der Waals surface area contributed by atoms with Crippen molar-refractivity contribution in [3.63, 3.8) is 0 Å². The number of rotatable bonds is 2. The number of guanidine groups is 1. The van der Waals surface area contributed by atoms with Gasteiger partial charge in [-0.05, 0) is 11.6 Å². The molecule has 17 heavy (non-hydrogen) atoms. The van der Waals surface area contributed by atoms with Crippen molar-refractivity contribution >= 4 is 17.6 Å². The average Bonchev–Trinajstić information content (AvgIpc) is 2.35. The lowest BCUT2D eigenvalue weighted by Crippen LogP contribution is -2.43. The maximum absolute atomic E-state index is 8.60. The van der Waals surface area contributed by atoms with Crippen molar-refractivity contribution < 1.29 is 4.74 Å². The third kappa shape index (κ3) is 3.06. The van der Waals surface area contributed by atoms with Crippen LogP contribution in [0.3, 0.4) is 0 Å². The van der Waals surface area contributed by atoms with Gasteiger partial charge in [0.05, 0.1) is 0 Å². The Bertz CT molecular complexity index is 453. The van der Waals surface area contributed by atoms with Crippen LogP contribution in [0, 0.1) is 11.5 Å². The lowest BCUT2D eigenvalue weighted by molar-refractivity contribution is 0.0481. The van der Waals surface area contributed by atoms with Gasteiger partial charge in [-0.25, -0.2) is 9.98 Å². The minimum Gasteiger partial charge on any atom is -0.339 e. The molecule has 1 N–H and O–H groups in total. The summed E-state index contributed by atoms with van der Waals surface area (Å²) in [7, 11) is 0. The largest absolute Gasteiger partial charge is 0.339 e. The van der Waals surface area contributed by atoms with Crippen LogP contribution in [0.5, 0.6) is 0 Å². The molecule has 0 radical (unpaired) electrons. The first-order valence-corrected chi connectivity index (χ1v) is 5.30. The molecule has 1 aromatic heterocycles. The van der Waals surface area contributed by atoms with E-state index in [0.29, 0.717) is 24.4 Å². The van der Waals surface area contributed by atoms with Gasteiger partial charge < -0.3 is 9.64 Å². The van der Waals surface area contributed by atoms with E-state index < -0.39 is 0 Å². The minimum absolute atomic E-state index is 0.263. The van der Waals surface area contributed by atoms with Crippen LogP contribution in [0.25, 0.3) is 0 Å². The van der Waals surface area contributed by atoms with Gasteiger partial charge in [-0.1, -0.05) is 17.7 Å². The topological polar surface area (TPSA) is 73.5 Å². The summed E-state index contributed by atoms with van der Waals surface area (Å²) in [6.07, 6.45) is 3.53. The van der Waals surface area contributed by atoms with E-state index in [1.165, 1.54) is 0 Å². The number of hydrogen-bond donors (Lipinski definition) is 1. The molecule has 0 unspecified atom stereocenters. The second-order valence-corrected chi connectivity index (χ2v) is 3.76. The molecule has 2 rings (SSSR count). The zero-order valence-electron chi connectivity index (χ0n) is 8.93. The fourth-order valence-electron chi connectivity index (χ4n) is 1.43. The van der Waals surface area contributed by atoms with Gasteiger partial charge in [0.2, 0.25) is 5.96 Å². The highest BCUT2D eigenvalue weighted by Gasteiger charge is 2.15. The van der Waals surface area contributed by atoms with Crippen LogP contribution < -0.4 is 5.32 Å². The third-order valence-electron chi connectivity index (χ3n) is 2.18. The molecule has 0 amide bonds. The average molecular weight is 252 g/mol. The first-order valence-electron chi connectivity index (χ1n) is 4.92. The second-order valence-electron chi connectivity index (χ2n) is 3.37. The Morgan fingerprint density at radius 1 is 1.59 bits per heavy atom. The molecule has 0 aliphatic carbocycles. The first kappa shape index (κ1) is 11.6. The fourth-order valence-corrected chi connectivity index (χ4v) is 1.54. The monoisotopic (exact) mass is 251 g/mol. The number of nitriles is 1. The highest BCUT2D eigenvalue weighted by molar-refractivity contribution is 6.29. The van der Waals surface area contributed by atoms with Crippen molar-refractivity contribution in [2.75, 3.05) is 13.5 Å². The van der Waals surface area contributed by atoms with Crippen molar-refractivity contribution in [2.24, 2.45) is 4.99 Å². The van der Waals surface area contributed by atoms with E-state index in [2.05, 4.69) is 15.3 Å². The van der Waals surface area contributed by atoms with E-state index in [4.69, 9.17) is 21.6 Å². The number of halogens is 1. The summed E-state index contributed by atoms with van der Waals surface area (Å²) in [5, 5.41) is 11.6. The van der Waals surface area contributed by atoms with Crippen molar-refractivity contribution in [1.29, 1.82) is 5.26 Å². The molecule has 0 aromatic carbocycles. The molecule has 0 atom stereocenters. The Balaban J connectivity index is 2.07. The lowest BCUT2D eigenvalue weighted by atomic mass is 10.3. The number of nitrogens with one attached hydrogen (secondary N) is 1. The number of aromatic nitrogens is 1. The molecule has 7 heteroatoms. The Morgan fingerprint density at radius 2 is 2.47 bits per heavy atom. The van der Waals surface area contributed by atoms with Gasteiger partial charge in [-0.2, -0.15) is 5.26 Å². The number of aliphatic imine (C=N–C) groups is 1. The zero-order valence-corrected chi connectivity index (χ0v) is 9.68. The van der Waals surface area contributed by atoms with Crippen LogP contribution in [0.1, 0.15) is 5.56 Å². The van der Waals surface area contributed by atoms with E-state index >= 15 is 0 Å². The maximum atomic E-state index is 8.60. The molecule has 0 bridgehead atoms. The second kappa shape index (κ2) is 5.48. The molecule has 1 aromatic rings. The third-order valence-corrected chi connectivity index (χ3v) is 2.41. The molecule has 0 saturated heterocycles. The summed E-state index contributed by atoms with van der Waals surface area (Å²) >= 11 is 5.70. The van der Waals surface area contributed by atoms with Crippen LogP contribution in [0.2, 0.25) is 5.15 Å². The Labute approximate surface area is 103 Å². The van der Waals surface area contributed by atoms with Crippen molar-refractivity contribution in [3.8, 4) is 6.19 Å². The summed E-state index contributed by atoms with van der Waals surface area (Å²) in [5.74, 6) is 0.508. The SMILES string of the molecule is N#CNC1=NCOCN1Cc1ccc(Cl)nc1. The van der Waals surface area contributed by atoms with Crippen LogP contribution in [0.15, 0.2) is 23.3 Å². The van der Waals surface area contributed by atoms with Gasteiger partial charge in [0.1, 0.15) is 18.6 Å². The first-order chi connectivity index (χ1) is 8.29. The maximum Gasteiger partial charge on any atom is 0.211 e. The van der Waals surface area contributed by atoms with Gasteiger partial charge in [0, 0.05) is 12.7 Å². The van der Waals surface area contributed by atoms with Crippen LogP contribution in [-0.4, -0.2) is 29.3 Å². The van der Waals surface area contributed by atoms with Gasteiger partial charge in [-0.15, -0.1) is 0 Å². The van der Waals surface area contributed by atoms with Gasteiger partial charge >= 0.3 is 0 Å². The summed E-state index contributed by atoms with van der Waals surface area (Å²) < 4.78 is 5.20. The fraction of sp³-hybridized carbons (Fsp3) is 0.300. The van der Waals surface area contributed by atoms with E-state index in [1.54, 1.807) is 17.2 Å². The Hall–Kier alpha value is -1.84. The zero-order chi connectivity index (χ0) is 12.1. The van der Waals surface area contributed by atoms with Crippen molar-refractivity contribution in [3.05, 3.63) is 29.0 Å². The highest BCUT2D eigenvalue weighted by Crippen LogP contribution is 2.09. The smallest absolute Gasteiger partial charge is 0.211 e. The lowest BCUT2D eigenvalue weighted by Gasteiger charge is -2.27. The summed E-state index contributed by atoms with van der Waals surface area (Å²) in [4.78, 5) is 9.85. The van der Waals surface area contributed by atoms with Crippen molar-refractivity contribution in [2.45, 2.75) is 6.54 Å². The van der Waals surface area contributed by atoms with Gasteiger partial charge in [-0.3, -0.25) is 5.32 Å². The minimum atomic E-state index is 0.263. The standard InChI is InChI=1S/C10H10ClN5O/c11-9-2-1-8(3-13-9)4-16-7-17-6-15-10(16)14-5-12/h1-3H,4,6-7H2,(H,14,15). The highest BCUT2D eigenvalue weighted by atomic mass is 35.5. The summed E-state index contributed by atoms with van der Waals surface area (Å²) in [6.45, 7) is 1.20. The molecule has 1 aliphatic rings. The number of ether oxygens (including phenoxy) is 1. The summed E-state index contributed by atoms with van der Waals surface area (Å²) in [6, 6.07) is 3.59. The number of nitrogens with zero attached hydrogens (tertiary/aromatic N) is 4. The quantitative estimate of drug-likeness (QED) is 0.480. The van der Waals surface area contributed by atoms with E-state index in [9.17, 15) is 0 Å². The molecule has 2 heterocycles. The Kier molecular flexibility index (Phi) is 3.75. The molecular formula is C10H10ClN5O. The van der Waals surface area contributed by atoms with E-state index in [-0.39, 0.29) is 6.73 Å². The Morgan fingerprint density at radius 3 is 3.18 bits per heavy atom. The molecular weight excluding hydrogens is 242 g/mol. The van der Waals surface area contributed by atoms with Crippen molar-refractivity contribution in [1.82, 2.24) is 15.2 Å². The molecule has 6 nitrogen and oxygen atoms in total. The van der Waals surface area contributed by atoms with Gasteiger partial charge in [0.15, 0.2) is 6.19 Å². The summed E-state index contributed by atoms with van der Waals surface area (Å²) in [5.41, 5.74) is 0.965. The van der Waals surface area contributed by atoms with Crippen LogP contribution in [-0.2, 0) is 11.3 Å². The molecule has 0 fully saturated rings. The number of hydrogen-bond acceptors (Lipinski definition) is 6. The predicted octanol–water partition coefficient (Wildman–Crippen LogP) is 0.909. The molecule has 0 spiro atoms. The number of pyridine rings is 1. The molecule has 1 aliphatic heterocycles. The van der Waals surface area contributed by atoms with Crippen LogP contribution >= 0.6 is 11.6 Å². The van der Waals surface area contributed by atoms with E-state index in [0.717, 1.165) is 5.56 Å². The predicted molar refractivity (Wildman–Crippen MR) is 61.8 cm³/mol. The van der Waals surface area contributed by atoms with E-state index in [1.807, 2.05) is 12.3 Å².